The maximum atomic E-state index is 13.0. The molecule has 0 saturated carbocycles. The molecular formula is C22H30N4O5S2. The third kappa shape index (κ3) is 7.08. The monoisotopic (exact) mass is 494 g/mol. The fourth-order valence-corrected chi connectivity index (χ4v) is 5.73. The number of nitrogens with zero attached hydrogens (tertiary/aromatic N) is 2. The number of hydrogen-bond donors (Lipinski definition) is 2. The summed E-state index contributed by atoms with van der Waals surface area (Å²) >= 11 is 1.57. The quantitative estimate of drug-likeness (QED) is 0.520. The highest BCUT2D eigenvalue weighted by Gasteiger charge is 2.28. The van der Waals surface area contributed by atoms with Crippen molar-refractivity contribution in [1.29, 1.82) is 0 Å². The number of rotatable bonds is 10. The summed E-state index contributed by atoms with van der Waals surface area (Å²) in [5, 5.41) is 7.56. The third-order valence-corrected chi connectivity index (χ3v) is 8.20. The van der Waals surface area contributed by atoms with Crippen molar-refractivity contribution in [3.63, 3.8) is 0 Å². The van der Waals surface area contributed by atoms with Crippen molar-refractivity contribution in [3.05, 3.63) is 46.2 Å². The molecule has 0 bridgehead atoms. The lowest BCUT2D eigenvalue weighted by Crippen LogP contribution is -2.41. The van der Waals surface area contributed by atoms with Crippen LogP contribution in [0.2, 0.25) is 0 Å². The molecule has 1 aliphatic rings. The molecule has 11 heteroatoms. The Morgan fingerprint density at radius 3 is 2.55 bits per heavy atom. The first-order valence-corrected chi connectivity index (χ1v) is 13.1. The molecule has 1 aliphatic heterocycles. The lowest BCUT2D eigenvalue weighted by molar-refractivity contribution is -0.123. The molecule has 180 valence electrons. The number of anilines is 1. The molecule has 9 nitrogen and oxygen atoms in total. The van der Waals surface area contributed by atoms with E-state index in [0.717, 1.165) is 4.88 Å². The first-order chi connectivity index (χ1) is 15.8. The van der Waals surface area contributed by atoms with Gasteiger partial charge in [-0.15, -0.1) is 11.3 Å². The van der Waals surface area contributed by atoms with Gasteiger partial charge in [0.2, 0.25) is 21.8 Å². The topological polar surface area (TPSA) is 108 Å². The van der Waals surface area contributed by atoms with E-state index in [1.807, 2.05) is 24.4 Å². The molecule has 2 amide bonds. The van der Waals surface area contributed by atoms with Crippen molar-refractivity contribution < 1.29 is 22.7 Å². The van der Waals surface area contributed by atoms with Crippen molar-refractivity contribution in [1.82, 2.24) is 14.5 Å². The molecule has 1 aromatic heterocycles. The summed E-state index contributed by atoms with van der Waals surface area (Å²) in [4.78, 5) is 27.8. The lowest BCUT2D eigenvalue weighted by atomic mass is 10.2. The van der Waals surface area contributed by atoms with Crippen molar-refractivity contribution >= 4 is 38.9 Å². The van der Waals surface area contributed by atoms with Crippen LogP contribution in [0.15, 0.2) is 40.6 Å². The maximum Gasteiger partial charge on any atom is 0.243 e. The Kier molecular flexibility index (Phi) is 8.98. The summed E-state index contributed by atoms with van der Waals surface area (Å²) in [6.45, 7) is 6.03. The number of thiophene rings is 1. The van der Waals surface area contributed by atoms with Crippen LogP contribution in [-0.4, -0.2) is 75.4 Å². The second-order valence-electron chi connectivity index (χ2n) is 7.70. The number of likely N-dealkylation sites (N-methyl/N-ethyl adjacent to an activating group) is 1. The first kappa shape index (κ1) is 25.3. The SMILES string of the molecule is CCN(CC(=O)NCc1cccs1)CC(=O)Nc1ccc(C)c(S(=O)(=O)N2CCOCC2)c1. The van der Waals surface area contributed by atoms with Gasteiger partial charge in [-0.05, 0) is 42.6 Å². The molecule has 0 atom stereocenters. The standard InChI is InChI=1S/C22H30N4O5S2/c1-3-25(15-21(27)23-14-19-5-4-12-32-19)16-22(28)24-18-7-6-17(2)20(13-18)33(29,30)26-8-10-31-11-9-26/h4-7,12-13H,3,8-11,14-16H2,1-2H3,(H,23,27)(H,24,28). The minimum absolute atomic E-state index is 0.0162. The predicted octanol–water partition coefficient (Wildman–Crippen LogP) is 1.65. The van der Waals surface area contributed by atoms with E-state index < -0.39 is 10.0 Å². The number of ether oxygens (including phenoxy) is 1. The fourth-order valence-electron chi connectivity index (χ4n) is 3.42. The van der Waals surface area contributed by atoms with Gasteiger partial charge in [-0.2, -0.15) is 4.31 Å². The summed E-state index contributed by atoms with van der Waals surface area (Å²) in [6.07, 6.45) is 0. The number of amides is 2. The van der Waals surface area contributed by atoms with Gasteiger partial charge in [0.1, 0.15) is 0 Å². The minimum Gasteiger partial charge on any atom is -0.379 e. The summed E-state index contributed by atoms with van der Waals surface area (Å²) in [7, 11) is -3.68. The van der Waals surface area contributed by atoms with Crippen LogP contribution in [-0.2, 0) is 30.9 Å². The zero-order valence-corrected chi connectivity index (χ0v) is 20.5. The third-order valence-electron chi connectivity index (χ3n) is 5.28. The van der Waals surface area contributed by atoms with Crippen molar-refractivity contribution in [2.75, 3.05) is 51.3 Å². The number of carbonyl (C=O) groups is 2. The molecule has 2 aromatic rings. The summed E-state index contributed by atoms with van der Waals surface area (Å²) in [6, 6.07) is 8.72. The molecule has 2 N–H and O–H groups in total. The second kappa shape index (κ2) is 11.7. The maximum absolute atomic E-state index is 13.0. The Bertz CT molecular complexity index is 1050. The van der Waals surface area contributed by atoms with Gasteiger partial charge in [0.15, 0.2) is 0 Å². The van der Waals surface area contributed by atoms with Crippen LogP contribution in [0.1, 0.15) is 17.4 Å². The molecule has 0 aliphatic carbocycles. The Morgan fingerprint density at radius 2 is 1.88 bits per heavy atom. The summed E-state index contributed by atoms with van der Waals surface area (Å²) in [5.74, 6) is -0.478. The molecule has 0 radical (unpaired) electrons. The highest BCUT2D eigenvalue weighted by Crippen LogP contribution is 2.24. The van der Waals surface area contributed by atoms with Gasteiger partial charge >= 0.3 is 0 Å². The van der Waals surface area contributed by atoms with Gasteiger partial charge in [0.05, 0.1) is 37.7 Å². The molecule has 1 fully saturated rings. The van der Waals surface area contributed by atoms with Crippen LogP contribution >= 0.6 is 11.3 Å². The van der Waals surface area contributed by atoms with Gasteiger partial charge < -0.3 is 15.4 Å². The predicted molar refractivity (Wildman–Crippen MR) is 128 cm³/mol. The van der Waals surface area contributed by atoms with Gasteiger partial charge in [0.25, 0.3) is 0 Å². The Hall–Kier alpha value is -2.31. The van der Waals surface area contributed by atoms with Crippen LogP contribution in [0.3, 0.4) is 0 Å². The molecular weight excluding hydrogens is 464 g/mol. The van der Waals surface area contributed by atoms with Crippen molar-refractivity contribution in [3.8, 4) is 0 Å². The number of aryl methyl sites for hydroxylation is 1. The first-order valence-electron chi connectivity index (χ1n) is 10.8. The lowest BCUT2D eigenvalue weighted by Gasteiger charge is -2.27. The van der Waals surface area contributed by atoms with Crippen LogP contribution < -0.4 is 10.6 Å². The smallest absolute Gasteiger partial charge is 0.243 e. The van der Waals surface area contributed by atoms with Gasteiger partial charge in [0, 0.05) is 23.7 Å². The Balaban J connectivity index is 1.58. The zero-order chi connectivity index (χ0) is 23.8. The number of carbonyl (C=O) groups excluding carboxylic acids is 2. The Morgan fingerprint density at radius 1 is 1.15 bits per heavy atom. The van der Waals surface area contributed by atoms with Crippen molar-refractivity contribution in [2.45, 2.75) is 25.3 Å². The van der Waals surface area contributed by atoms with Crippen LogP contribution in [0.4, 0.5) is 5.69 Å². The highest BCUT2D eigenvalue weighted by molar-refractivity contribution is 7.89. The summed E-state index contributed by atoms with van der Waals surface area (Å²) in [5.41, 5.74) is 1.01. The molecule has 3 rings (SSSR count). The number of sulfonamides is 1. The van der Waals surface area contributed by atoms with Crippen molar-refractivity contribution in [2.24, 2.45) is 0 Å². The minimum atomic E-state index is -3.68. The molecule has 2 heterocycles. The van der Waals surface area contributed by atoms with Crippen LogP contribution in [0, 0.1) is 6.92 Å². The largest absolute Gasteiger partial charge is 0.379 e. The van der Waals surface area contributed by atoms with Gasteiger partial charge in [-0.3, -0.25) is 14.5 Å². The van der Waals surface area contributed by atoms with E-state index >= 15 is 0 Å². The molecule has 1 saturated heterocycles. The van der Waals surface area contributed by atoms with E-state index in [9.17, 15) is 18.0 Å². The highest BCUT2D eigenvalue weighted by atomic mass is 32.2. The van der Waals surface area contributed by atoms with E-state index in [1.54, 1.807) is 35.3 Å². The summed E-state index contributed by atoms with van der Waals surface area (Å²) < 4.78 is 32.7. The molecule has 33 heavy (non-hydrogen) atoms. The molecule has 0 unspecified atom stereocenters. The van der Waals surface area contributed by atoms with E-state index in [0.29, 0.717) is 50.6 Å². The fraction of sp³-hybridized carbons (Fsp3) is 0.455. The average molecular weight is 495 g/mol. The number of benzene rings is 1. The van der Waals surface area contributed by atoms with Gasteiger partial charge in [-0.25, -0.2) is 8.42 Å². The zero-order valence-electron chi connectivity index (χ0n) is 18.9. The van der Waals surface area contributed by atoms with Crippen LogP contribution in [0.5, 0.6) is 0 Å². The second-order valence-corrected chi connectivity index (χ2v) is 10.6. The van der Waals surface area contributed by atoms with E-state index in [1.165, 1.54) is 10.4 Å². The van der Waals surface area contributed by atoms with Crippen LogP contribution in [0.25, 0.3) is 0 Å². The van der Waals surface area contributed by atoms with E-state index in [4.69, 9.17) is 4.74 Å². The number of hydrogen-bond acceptors (Lipinski definition) is 7. The van der Waals surface area contributed by atoms with E-state index in [-0.39, 0.29) is 29.8 Å². The molecule has 1 aromatic carbocycles. The number of morpholine rings is 1. The van der Waals surface area contributed by atoms with Gasteiger partial charge in [-0.1, -0.05) is 19.1 Å². The average Bonchev–Trinajstić information content (AvgIpc) is 3.33. The number of nitrogens with one attached hydrogen (secondary N) is 2. The Labute approximate surface area is 198 Å². The molecule has 0 spiro atoms. The van der Waals surface area contributed by atoms with E-state index in [2.05, 4.69) is 10.6 Å². The normalized spacial score (nSPS) is 14.9.